The lowest BCUT2D eigenvalue weighted by Crippen LogP contribution is -2.38. The van der Waals surface area contributed by atoms with Crippen LogP contribution >= 0.6 is 33.2 Å². The summed E-state index contributed by atoms with van der Waals surface area (Å²) in [5.74, 6) is 3.62. The molecule has 0 aromatic heterocycles. The molecule has 1 aliphatic carbocycles. The Labute approximate surface area is 110 Å². The highest BCUT2D eigenvalue weighted by Gasteiger charge is 2.41. The smallest absolute Gasteiger partial charge is 0.130 e. The van der Waals surface area contributed by atoms with E-state index in [4.69, 9.17) is 10.5 Å². The van der Waals surface area contributed by atoms with Crippen molar-refractivity contribution < 1.29 is 0 Å². The minimum Gasteiger partial charge on any atom is -0.185 e. The predicted molar refractivity (Wildman–Crippen MR) is 75.0 cm³/mol. The molecule has 16 heavy (non-hydrogen) atoms. The van der Waals surface area contributed by atoms with Crippen LogP contribution < -0.4 is 0 Å². The maximum atomic E-state index is 7.18. The van der Waals surface area contributed by atoms with Crippen molar-refractivity contribution in [2.24, 2.45) is 17.8 Å². The van der Waals surface area contributed by atoms with E-state index in [1.165, 1.54) is 28.6 Å². The fraction of sp³-hybridized carbons (Fsp3) is 0.818. The first-order valence-electron chi connectivity index (χ1n) is 5.52. The molecule has 0 radical (unpaired) electrons. The molecule has 4 fully saturated rings. The molecule has 0 amide bonds. The monoisotopic (exact) mass is 272 g/mol. The number of nitrogens with zero attached hydrogens (tertiary/aromatic N) is 2. The van der Waals surface area contributed by atoms with Gasteiger partial charge in [0.1, 0.15) is 10.8 Å². The van der Waals surface area contributed by atoms with Gasteiger partial charge in [0, 0.05) is 0 Å². The lowest BCUT2D eigenvalue weighted by atomic mass is 9.76. The number of thiocyanates is 2. The molecule has 0 unspecified atom stereocenters. The molecule has 5 heteroatoms. The maximum Gasteiger partial charge on any atom is 0.130 e. The van der Waals surface area contributed by atoms with Crippen molar-refractivity contribution in [3.05, 3.63) is 0 Å². The average molecular weight is 272 g/mol. The first-order valence-corrected chi connectivity index (χ1v) is 8.31. The average Bonchev–Trinajstić information content (AvgIpc) is 2.17. The summed E-state index contributed by atoms with van der Waals surface area (Å²) in [6.07, 6.45) is 9.87. The zero-order chi connectivity index (χ0) is 12.0. The van der Waals surface area contributed by atoms with Gasteiger partial charge in [0.25, 0.3) is 0 Å². The van der Waals surface area contributed by atoms with Crippen molar-refractivity contribution in [1.29, 1.82) is 10.5 Å². The Balaban J connectivity index is 0.000000185. The van der Waals surface area contributed by atoms with Gasteiger partial charge < -0.3 is 0 Å². The van der Waals surface area contributed by atoms with Crippen LogP contribution in [-0.2, 0) is 0 Å². The van der Waals surface area contributed by atoms with Crippen LogP contribution in [0, 0.1) is 39.1 Å². The van der Waals surface area contributed by atoms with Crippen molar-refractivity contribution in [1.82, 2.24) is 0 Å². The van der Waals surface area contributed by atoms with E-state index in [-0.39, 0.29) is 0 Å². The standard InChI is InChI=1S/C9H15P.2CHNS/c1-7-2-9-3-8(1)5-10(4-7)6-9;2*2-1-3/h7-9H,1-6H2;2*3H. The van der Waals surface area contributed by atoms with Gasteiger partial charge >= 0.3 is 0 Å². The first-order chi connectivity index (χ1) is 7.73. The third-order valence-electron chi connectivity index (χ3n) is 3.55. The second-order valence-electron chi connectivity index (χ2n) is 4.72. The molecule has 2 nitrogen and oxygen atoms in total. The minimum atomic E-state index is 0.588. The van der Waals surface area contributed by atoms with Gasteiger partial charge in [0.05, 0.1) is 0 Å². The van der Waals surface area contributed by atoms with Gasteiger partial charge in [-0.05, 0) is 55.5 Å². The maximum absolute atomic E-state index is 7.18. The lowest BCUT2D eigenvalue weighted by Gasteiger charge is -2.49. The van der Waals surface area contributed by atoms with Crippen molar-refractivity contribution in [2.75, 3.05) is 18.5 Å². The first kappa shape index (κ1) is 14.2. The fourth-order valence-electron chi connectivity index (χ4n) is 3.47. The van der Waals surface area contributed by atoms with Gasteiger partial charge in [-0.1, -0.05) is 25.3 Å². The van der Waals surface area contributed by atoms with Crippen molar-refractivity contribution in [3.63, 3.8) is 0 Å². The minimum absolute atomic E-state index is 0.588. The van der Waals surface area contributed by atoms with Gasteiger partial charge in [0.15, 0.2) is 0 Å². The molecule has 3 aliphatic heterocycles. The summed E-state index contributed by atoms with van der Waals surface area (Å²) in [5, 5.41) is 17.3. The van der Waals surface area contributed by atoms with E-state index in [0.29, 0.717) is 7.92 Å². The van der Waals surface area contributed by atoms with E-state index in [2.05, 4.69) is 25.3 Å². The van der Waals surface area contributed by atoms with E-state index in [1.54, 1.807) is 37.7 Å². The van der Waals surface area contributed by atoms with Gasteiger partial charge in [-0.15, -0.1) is 7.92 Å². The van der Waals surface area contributed by atoms with Crippen molar-refractivity contribution in [2.45, 2.75) is 19.3 Å². The van der Waals surface area contributed by atoms with Crippen LogP contribution in [0.4, 0.5) is 0 Å². The molecule has 1 saturated carbocycles. The number of thiol groups is 2. The molecular weight excluding hydrogens is 255 g/mol. The molecule has 0 atom stereocenters. The Hall–Kier alpha value is 0.110. The third-order valence-corrected chi connectivity index (χ3v) is 6.65. The highest BCUT2D eigenvalue weighted by Crippen LogP contribution is 2.59. The third kappa shape index (κ3) is 4.17. The predicted octanol–water partition coefficient (Wildman–Crippen LogP) is 3.32. The number of hydrogen-bond acceptors (Lipinski definition) is 4. The van der Waals surface area contributed by atoms with Gasteiger partial charge in [-0.25, -0.2) is 0 Å². The summed E-state index contributed by atoms with van der Waals surface area (Å²) in [6, 6.07) is 0. The highest BCUT2D eigenvalue weighted by atomic mass is 32.1. The Kier molecular flexibility index (Phi) is 6.59. The zero-order valence-corrected chi connectivity index (χ0v) is 11.9. The molecule has 4 rings (SSSR count). The fourth-order valence-corrected chi connectivity index (χ4v) is 7.00. The summed E-state index contributed by atoms with van der Waals surface area (Å²) in [5.41, 5.74) is 0. The van der Waals surface area contributed by atoms with Crippen LogP contribution in [-0.4, -0.2) is 18.5 Å². The largest absolute Gasteiger partial charge is 0.185 e. The van der Waals surface area contributed by atoms with Crippen LogP contribution in [0.15, 0.2) is 0 Å². The molecule has 3 heterocycles. The summed E-state index contributed by atoms with van der Waals surface area (Å²) in [6.45, 7) is 0. The topological polar surface area (TPSA) is 47.6 Å². The van der Waals surface area contributed by atoms with Crippen LogP contribution in [0.1, 0.15) is 19.3 Å². The van der Waals surface area contributed by atoms with Crippen molar-refractivity contribution in [3.8, 4) is 10.8 Å². The van der Waals surface area contributed by atoms with Crippen LogP contribution in [0.5, 0.6) is 0 Å². The highest BCUT2D eigenvalue weighted by molar-refractivity contribution is 7.85. The molecular formula is C11H17N2PS2. The second kappa shape index (κ2) is 7.44. The van der Waals surface area contributed by atoms with Gasteiger partial charge in [-0.2, -0.15) is 10.5 Å². The molecule has 0 spiro atoms. The Morgan fingerprint density at radius 1 is 0.812 bits per heavy atom. The molecule has 0 aromatic rings. The number of rotatable bonds is 0. The van der Waals surface area contributed by atoms with Crippen LogP contribution in [0.3, 0.4) is 0 Å². The quantitative estimate of drug-likeness (QED) is 0.404. The Morgan fingerprint density at radius 3 is 1.25 bits per heavy atom. The second-order valence-corrected chi connectivity index (χ2v) is 7.56. The molecule has 88 valence electrons. The van der Waals surface area contributed by atoms with Crippen LogP contribution in [0.2, 0.25) is 0 Å². The van der Waals surface area contributed by atoms with E-state index < -0.39 is 0 Å². The molecule has 0 N–H and O–H groups in total. The van der Waals surface area contributed by atoms with E-state index >= 15 is 0 Å². The zero-order valence-electron chi connectivity index (χ0n) is 9.21. The normalized spacial score (nSPS) is 37.0. The summed E-state index contributed by atoms with van der Waals surface area (Å²) in [4.78, 5) is 0. The van der Waals surface area contributed by atoms with Gasteiger partial charge in [0.2, 0.25) is 0 Å². The van der Waals surface area contributed by atoms with Gasteiger partial charge in [-0.3, -0.25) is 0 Å². The molecule has 4 aliphatic rings. The van der Waals surface area contributed by atoms with Crippen molar-refractivity contribution >= 4 is 33.2 Å². The van der Waals surface area contributed by atoms with E-state index in [0.717, 1.165) is 0 Å². The lowest BCUT2D eigenvalue weighted by molar-refractivity contribution is 0.212. The Morgan fingerprint density at radius 2 is 1.06 bits per heavy atom. The summed E-state index contributed by atoms with van der Waals surface area (Å²) < 4.78 is 0. The van der Waals surface area contributed by atoms with E-state index in [1.807, 2.05) is 0 Å². The number of hydrogen-bond donors (Lipinski definition) is 2. The number of nitriles is 2. The summed E-state index contributed by atoms with van der Waals surface area (Å²) in [7, 11) is 0.588. The molecule has 3 saturated heterocycles. The summed E-state index contributed by atoms with van der Waals surface area (Å²) >= 11 is 6.19. The van der Waals surface area contributed by atoms with Crippen LogP contribution in [0.25, 0.3) is 0 Å². The Bertz CT molecular complexity index is 227. The van der Waals surface area contributed by atoms with E-state index in [9.17, 15) is 0 Å². The molecule has 4 bridgehead atoms. The molecule has 0 aromatic carbocycles. The SMILES string of the molecule is C1C2CC3CC1CP(C2)C3.N#CS.N#CS.